The maximum atomic E-state index is 10.3. The molecule has 0 aromatic carbocycles. The van der Waals surface area contributed by atoms with Gasteiger partial charge in [0, 0.05) is 6.04 Å². The summed E-state index contributed by atoms with van der Waals surface area (Å²) in [6.07, 6.45) is 4.37. The van der Waals surface area contributed by atoms with Gasteiger partial charge in [-0.1, -0.05) is 27.2 Å². The second-order valence-corrected chi connectivity index (χ2v) is 6.21. The van der Waals surface area contributed by atoms with Crippen LogP contribution in [0.15, 0.2) is 0 Å². The van der Waals surface area contributed by atoms with Gasteiger partial charge < -0.3 is 10.4 Å². The van der Waals surface area contributed by atoms with E-state index in [2.05, 4.69) is 33.1 Å². The predicted octanol–water partition coefficient (Wildman–Crippen LogP) is 2.81. The minimum atomic E-state index is -0.453. The zero-order chi connectivity index (χ0) is 12.3. The van der Waals surface area contributed by atoms with Crippen molar-refractivity contribution in [3.63, 3.8) is 0 Å². The molecule has 16 heavy (non-hydrogen) atoms. The first-order valence-corrected chi connectivity index (χ1v) is 6.79. The molecule has 1 aliphatic rings. The van der Waals surface area contributed by atoms with Gasteiger partial charge in [-0.25, -0.2) is 0 Å². The SMILES string of the molecule is CCC(C)C(NC)C1CC(C)CC(C)(O)C1. The normalized spacial score (nSPS) is 39.4. The third-order valence-corrected chi connectivity index (χ3v) is 4.29. The minimum Gasteiger partial charge on any atom is -0.390 e. The highest BCUT2D eigenvalue weighted by atomic mass is 16.3. The average molecular weight is 227 g/mol. The third-order valence-electron chi connectivity index (χ3n) is 4.29. The molecule has 1 aliphatic carbocycles. The smallest absolute Gasteiger partial charge is 0.0625 e. The summed E-state index contributed by atoms with van der Waals surface area (Å²) in [6, 6.07) is 0.555. The van der Waals surface area contributed by atoms with Gasteiger partial charge in [-0.15, -0.1) is 0 Å². The average Bonchev–Trinajstić information content (AvgIpc) is 2.15. The molecule has 0 bridgehead atoms. The number of aliphatic hydroxyl groups is 1. The Hall–Kier alpha value is -0.0800. The van der Waals surface area contributed by atoms with E-state index in [4.69, 9.17) is 0 Å². The van der Waals surface area contributed by atoms with Crippen LogP contribution in [0.25, 0.3) is 0 Å². The van der Waals surface area contributed by atoms with Crippen LogP contribution in [0.3, 0.4) is 0 Å². The Morgan fingerprint density at radius 2 is 2.06 bits per heavy atom. The van der Waals surface area contributed by atoms with Crippen molar-refractivity contribution in [2.45, 2.75) is 65.0 Å². The van der Waals surface area contributed by atoms with Crippen molar-refractivity contribution < 1.29 is 5.11 Å². The molecule has 0 aromatic heterocycles. The minimum absolute atomic E-state index is 0.453. The van der Waals surface area contributed by atoms with E-state index in [1.165, 1.54) is 12.8 Å². The summed E-state index contributed by atoms with van der Waals surface area (Å²) in [5.74, 6) is 1.96. The van der Waals surface area contributed by atoms with E-state index in [1.54, 1.807) is 0 Å². The lowest BCUT2D eigenvalue weighted by atomic mass is 9.69. The van der Waals surface area contributed by atoms with Crippen molar-refractivity contribution in [2.24, 2.45) is 17.8 Å². The summed E-state index contributed by atoms with van der Waals surface area (Å²) in [5, 5.41) is 13.8. The molecule has 1 fully saturated rings. The monoisotopic (exact) mass is 227 g/mol. The molecule has 1 rings (SSSR count). The van der Waals surface area contributed by atoms with E-state index < -0.39 is 5.60 Å². The molecule has 0 aromatic rings. The van der Waals surface area contributed by atoms with E-state index in [1.807, 2.05) is 6.92 Å². The van der Waals surface area contributed by atoms with Crippen LogP contribution in [0.5, 0.6) is 0 Å². The maximum Gasteiger partial charge on any atom is 0.0625 e. The Morgan fingerprint density at radius 1 is 1.44 bits per heavy atom. The molecule has 0 saturated heterocycles. The lowest BCUT2D eigenvalue weighted by molar-refractivity contribution is -0.0297. The van der Waals surface area contributed by atoms with Crippen LogP contribution >= 0.6 is 0 Å². The number of nitrogens with one attached hydrogen (secondary N) is 1. The highest BCUT2D eigenvalue weighted by Gasteiger charge is 2.38. The first-order valence-electron chi connectivity index (χ1n) is 6.79. The van der Waals surface area contributed by atoms with Crippen molar-refractivity contribution in [2.75, 3.05) is 7.05 Å². The van der Waals surface area contributed by atoms with Gasteiger partial charge in [0.05, 0.1) is 5.60 Å². The quantitative estimate of drug-likeness (QED) is 0.774. The Morgan fingerprint density at radius 3 is 2.50 bits per heavy atom. The standard InChI is InChI=1S/C14H29NO/c1-6-11(3)13(15-5)12-7-10(2)8-14(4,16)9-12/h10-13,15-16H,6-9H2,1-5H3. The molecule has 5 unspecified atom stereocenters. The molecule has 0 heterocycles. The molecule has 96 valence electrons. The lowest BCUT2D eigenvalue weighted by Gasteiger charge is -2.42. The van der Waals surface area contributed by atoms with Crippen LogP contribution in [-0.4, -0.2) is 23.8 Å². The van der Waals surface area contributed by atoms with Crippen LogP contribution in [0.2, 0.25) is 0 Å². The van der Waals surface area contributed by atoms with Gasteiger partial charge in [0.2, 0.25) is 0 Å². The largest absolute Gasteiger partial charge is 0.390 e. The first kappa shape index (κ1) is 14.0. The van der Waals surface area contributed by atoms with Gasteiger partial charge in [-0.05, 0) is 51.0 Å². The number of rotatable bonds is 4. The van der Waals surface area contributed by atoms with Gasteiger partial charge in [0.15, 0.2) is 0 Å². The van der Waals surface area contributed by atoms with Crippen molar-refractivity contribution in [1.29, 1.82) is 0 Å². The highest BCUT2D eigenvalue weighted by molar-refractivity contribution is 4.91. The molecule has 2 nitrogen and oxygen atoms in total. The van der Waals surface area contributed by atoms with E-state index in [9.17, 15) is 5.11 Å². The third kappa shape index (κ3) is 3.46. The molecule has 1 saturated carbocycles. The zero-order valence-corrected chi connectivity index (χ0v) is 11.6. The van der Waals surface area contributed by atoms with Crippen molar-refractivity contribution in [3.8, 4) is 0 Å². The number of hydrogen-bond donors (Lipinski definition) is 2. The summed E-state index contributed by atoms with van der Waals surface area (Å²) in [6.45, 7) is 8.83. The van der Waals surface area contributed by atoms with Gasteiger partial charge >= 0.3 is 0 Å². The van der Waals surface area contributed by atoms with Crippen LogP contribution in [0.1, 0.15) is 53.4 Å². The van der Waals surface area contributed by atoms with Crippen molar-refractivity contribution in [1.82, 2.24) is 5.32 Å². The molecule has 0 aliphatic heterocycles. The molecule has 0 spiro atoms. The molecular formula is C14H29NO. The van der Waals surface area contributed by atoms with Crippen LogP contribution in [-0.2, 0) is 0 Å². The summed E-state index contributed by atoms with van der Waals surface area (Å²) in [5.41, 5.74) is -0.453. The Kier molecular flexibility index (Phi) is 4.81. The molecule has 0 amide bonds. The van der Waals surface area contributed by atoms with Crippen molar-refractivity contribution in [3.05, 3.63) is 0 Å². The van der Waals surface area contributed by atoms with Crippen LogP contribution in [0, 0.1) is 17.8 Å². The second-order valence-electron chi connectivity index (χ2n) is 6.21. The van der Waals surface area contributed by atoms with Crippen LogP contribution < -0.4 is 5.32 Å². The van der Waals surface area contributed by atoms with E-state index in [0.29, 0.717) is 23.8 Å². The Balaban J connectivity index is 2.70. The lowest BCUT2D eigenvalue weighted by Crippen LogP contribution is -2.46. The second kappa shape index (κ2) is 5.50. The number of hydrogen-bond acceptors (Lipinski definition) is 2. The summed E-state index contributed by atoms with van der Waals surface area (Å²) in [4.78, 5) is 0. The van der Waals surface area contributed by atoms with E-state index >= 15 is 0 Å². The molecule has 2 N–H and O–H groups in total. The van der Waals surface area contributed by atoms with E-state index in [-0.39, 0.29) is 0 Å². The molecule has 0 radical (unpaired) electrons. The van der Waals surface area contributed by atoms with Gasteiger partial charge in [0.25, 0.3) is 0 Å². The topological polar surface area (TPSA) is 32.3 Å². The fraction of sp³-hybridized carbons (Fsp3) is 1.00. The first-order chi connectivity index (χ1) is 7.39. The molecule has 5 atom stereocenters. The Labute approximate surface area is 101 Å². The fourth-order valence-corrected chi connectivity index (χ4v) is 3.59. The van der Waals surface area contributed by atoms with Crippen LogP contribution in [0.4, 0.5) is 0 Å². The zero-order valence-electron chi connectivity index (χ0n) is 11.6. The van der Waals surface area contributed by atoms with Gasteiger partial charge in [-0.2, -0.15) is 0 Å². The molecule has 2 heteroatoms. The maximum absolute atomic E-state index is 10.3. The predicted molar refractivity (Wildman–Crippen MR) is 69.4 cm³/mol. The van der Waals surface area contributed by atoms with Gasteiger partial charge in [0.1, 0.15) is 0 Å². The highest BCUT2D eigenvalue weighted by Crippen LogP contribution is 2.39. The summed E-state index contributed by atoms with van der Waals surface area (Å²) in [7, 11) is 2.06. The van der Waals surface area contributed by atoms with Crippen molar-refractivity contribution >= 4 is 0 Å². The summed E-state index contributed by atoms with van der Waals surface area (Å²) < 4.78 is 0. The summed E-state index contributed by atoms with van der Waals surface area (Å²) >= 11 is 0. The fourth-order valence-electron chi connectivity index (χ4n) is 3.59. The van der Waals surface area contributed by atoms with Gasteiger partial charge in [-0.3, -0.25) is 0 Å². The molecular weight excluding hydrogens is 198 g/mol. The Bertz CT molecular complexity index is 215. The van der Waals surface area contributed by atoms with E-state index in [0.717, 1.165) is 12.8 Å².